The average molecular weight is 341 g/mol. The van der Waals surface area contributed by atoms with Crippen molar-refractivity contribution < 1.29 is 4.39 Å². The van der Waals surface area contributed by atoms with Crippen molar-refractivity contribution in [1.82, 2.24) is 0 Å². The predicted octanol–water partition coefficient (Wildman–Crippen LogP) is 3.79. The highest BCUT2D eigenvalue weighted by Crippen LogP contribution is 2.25. The zero-order valence-electron chi connectivity index (χ0n) is 9.45. The zero-order chi connectivity index (χ0) is 12.4. The first-order chi connectivity index (χ1) is 8.09. The minimum atomic E-state index is -0.279. The Kier molecular flexibility index (Phi) is 3.79. The van der Waals surface area contributed by atoms with Gasteiger partial charge in [-0.3, -0.25) is 0 Å². The minimum absolute atomic E-state index is 0.205. The summed E-state index contributed by atoms with van der Waals surface area (Å²) >= 11 is 2.24. The van der Waals surface area contributed by atoms with E-state index in [9.17, 15) is 4.39 Å². The molecule has 0 aromatic heterocycles. The molecule has 0 saturated heterocycles. The highest BCUT2D eigenvalue weighted by atomic mass is 127. The van der Waals surface area contributed by atoms with Crippen molar-refractivity contribution >= 4 is 22.6 Å². The highest BCUT2D eigenvalue weighted by molar-refractivity contribution is 14.1. The van der Waals surface area contributed by atoms with Crippen molar-refractivity contribution in [1.29, 1.82) is 0 Å². The van der Waals surface area contributed by atoms with Crippen molar-refractivity contribution in [2.24, 2.45) is 5.73 Å². The Morgan fingerprint density at radius 2 is 1.88 bits per heavy atom. The molecule has 0 saturated carbocycles. The topological polar surface area (TPSA) is 26.0 Å². The minimum Gasteiger partial charge on any atom is -0.320 e. The SMILES string of the molecule is Cc1ccc(C(N)c2ccccc2I)cc1F. The van der Waals surface area contributed by atoms with Crippen LogP contribution in [0.5, 0.6) is 0 Å². The molecular formula is C14H13FIN. The number of halogens is 2. The maximum Gasteiger partial charge on any atom is 0.126 e. The molecule has 0 heterocycles. The van der Waals surface area contributed by atoms with Crippen molar-refractivity contribution in [2.45, 2.75) is 13.0 Å². The van der Waals surface area contributed by atoms with Gasteiger partial charge in [-0.05, 0) is 58.3 Å². The van der Waals surface area contributed by atoms with E-state index in [0.29, 0.717) is 5.56 Å². The van der Waals surface area contributed by atoms with Crippen molar-refractivity contribution in [3.8, 4) is 0 Å². The fourth-order valence-electron chi connectivity index (χ4n) is 1.71. The monoisotopic (exact) mass is 341 g/mol. The molecule has 0 spiro atoms. The van der Waals surface area contributed by atoms with Gasteiger partial charge in [0.2, 0.25) is 0 Å². The molecule has 2 N–H and O–H groups in total. The lowest BCUT2D eigenvalue weighted by molar-refractivity contribution is 0.614. The van der Waals surface area contributed by atoms with Crippen LogP contribution in [0.4, 0.5) is 4.39 Å². The molecule has 0 fully saturated rings. The zero-order valence-corrected chi connectivity index (χ0v) is 11.6. The first kappa shape index (κ1) is 12.5. The molecular weight excluding hydrogens is 328 g/mol. The summed E-state index contributed by atoms with van der Waals surface area (Å²) in [6.07, 6.45) is 0. The predicted molar refractivity (Wildman–Crippen MR) is 76.3 cm³/mol. The van der Waals surface area contributed by atoms with E-state index in [0.717, 1.165) is 14.7 Å². The molecule has 1 nitrogen and oxygen atoms in total. The number of benzene rings is 2. The van der Waals surface area contributed by atoms with Gasteiger partial charge in [-0.2, -0.15) is 0 Å². The van der Waals surface area contributed by atoms with Crippen LogP contribution in [-0.4, -0.2) is 0 Å². The first-order valence-corrected chi connectivity index (χ1v) is 6.43. The van der Waals surface area contributed by atoms with Crippen LogP contribution in [0.1, 0.15) is 22.7 Å². The molecule has 1 unspecified atom stereocenters. The lowest BCUT2D eigenvalue weighted by Gasteiger charge is -2.14. The van der Waals surface area contributed by atoms with E-state index < -0.39 is 0 Å². The number of aryl methyl sites for hydroxylation is 1. The molecule has 2 aromatic rings. The normalized spacial score (nSPS) is 12.5. The summed E-state index contributed by atoms with van der Waals surface area (Å²) in [5.74, 6) is -0.205. The summed E-state index contributed by atoms with van der Waals surface area (Å²) in [4.78, 5) is 0. The molecule has 0 radical (unpaired) electrons. The van der Waals surface area contributed by atoms with Gasteiger partial charge in [0.05, 0.1) is 6.04 Å². The lowest BCUT2D eigenvalue weighted by Crippen LogP contribution is -2.13. The fraction of sp³-hybridized carbons (Fsp3) is 0.143. The third kappa shape index (κ3) is 2.66. The summed E-state index contributed by atoms with van der Waals surface area (Å²) in [6.45, 7) is 1.75. The van der Waals surface area contributed by atoms with Crippen LogP contribution in [0, 0.1) is 16.3 Å². The fourth-order valence-corrected chi connectivity index (χ4v) is 2.43. The second-order valence-electron chi connectivity index (χ2n) is 4.01. The van der Waals surface area contributed by atoms with Gasteiger partial charge < -0.3 is 5.73 Å². The Morgan fingerprint density at radius 1 is 1.18 bits per heavy atom. The van der Waals surface area contributed by atoms with Crippen LogP contribution in [-0.2, 0) is 0 Å². The molecule has 2 rings (SSSR count). The lowest BCUT2D eigenvalue weighted by atomic mass is 9.98. The van der Waals surface area contributed by atoms with Gasteiger partial charge in [0.15, 0.2) is 0 Å². The third-order valence-electron chi connectivity index (χ3n) is 2.80. The molecule has 3 heteroatoms. The van der Waals surface area contributed by atoms with Gasteiger partial charge in [0.25, 0.3) is 0 Å². The van der Waals surface area contributed by atoms with Crippen LogP contribution >= 0.6 is 22.6 Å². The van der Waals surface area contributed by atoms with E-state index in [1.54, 1.807) is 13.0 Å². The molecule has 17 heavy (non-hydrogen) atoms. The van der Waals surface area contributed by atoms with E-state index in [4.69, 9.17) is 5.73 Å². The number of hydrogen-bond donors (Lipinski definition) is 1. The van der Waals surface area contributed by atoms with Gasteiger partial charge in [0, 0.05) is 3.57 Å². The van der Waals surface area contributed by atoms with Crippen molar-refractivity contribution in [2.75, 3.05) is 0 Å². The van der Waals surface area contributed by atoms with Gasteiger partial charge in [0.1, 0.15) is 5.82 Å². The number of hydrogen-bond acceptors (Lipinski definition) is 1. The molecule has 0 amide bonds. The van der Waals surface area contributed by atoms with Gasteiger partial charge in [-0.25, -0.2) is 4.39 Å². The van der Waals surface area contributed by atoms with Crippen LogP contribution in [0.25, 0.3) is 0 Å². The van der Waals surface area contributed by atoms with Gasteiger partial charge in [-0.1, -0.05) is 30.3 Å². The van der Waals surface area contributed by atoms with E-state index in [-0.39, 0.29) is 11.9 Å². The number of rotatable bonds is 2. The summed E-state index contributed by atoms with van der Waals surface area (Å²) < 4.78 is 14.6. The quantitative estimate of drug-likeness (QED) is 0.827. The Balaban J connectivity index is 2.40. The smallest absolute Gasteiger partial charge is 0.126 e. The average Bonchev–Trinajstić information content (AvgIpc) is 2.32. The van der Waals surface area contributed by atoms with E-state index >= 15 is 0 Å². The first-order valence-electron chi connectivity index (χ1n) is 5.35. The van der Waals surface area contributed by atoms with E-state index in [1.807, 2.05) is 30.3 Å². The Hall–Kier alpha value is -0.940. The van der Waals surface area contributed by atoms with Crippen LogP contribution < -0.4 is 5.73 Å². The summed E-state index contributed by atoms with van der Waals surface area (Å²) in [5.41, 5.74) is 8.63. The van der Waals surface area contributed by atoms with Crippen LogP contribution in [0.15, 0.2) is 42.5 Å². The second-order valence-corrected chi connectivity index (χ2v) is 5.17. The summed E-state index contributed by atoms with van der Waals surface area (Å²) in [5, 5.41) is 0. The highest BCUT2D eigenvalue weighted by Gasteiger charge is 2.12. The Morgan fingerprint density at radius 3 is 2.53 bits per heavy atom. The third-order valence-corrected chi connectivity index (χ3v) is 3.78. The standard InChI is InChI=1S/C14H13FIN/c1-9-6-7-10(8-12(9)15)14(17)11-4-2-3-5-13(11)16/h2-8,14H,17H2,1H3. The molecule has 2 aromatic carbocycles. The Bertz CT molecular complexity index is 539. The maximum atomic E-state index is 13.5. The van der Waals surface area contributed by atoms with Crippen molar-refractivity contribution in [3.05, 3.63) is 68.5 Å². The second kappa shape index (κ2) is 5.14. The van der Waals surface area contributed by atoms with Gasteiger partial charge in [-0.15, -0.1) is 0 Å². The summed E-state index contributed by atoms with van der Waals surface area (Å²) in [6, 6.07) is 12.8. The number of nitrogens with two attached hydrogens (primary N) is 1. The van der Waals surface area contributed by atoms with E-state index in [2.05, 4.69) is 22.6 Å². The van der Waals surface area contributed by atoms with Crippen LogP contribution in [0.2, 0.25) is 0 Å². The molecule has 0 aliphatic carbocycles. The molecule has 0 aliphatic heterocycles. The summed E-state index contributed by atoms with van der Waals surface area (Å²) in [7, 11) is 0. The maximum absolute atomic E-state index is 13.5. The molecule has 1 atom stereocenters. The van der Waals surface area contributed by atoms with Crippen molar-refractivity contribution in [3.63, 3.8) is 0 Å². The Labute approximate surface area is 114 Å². The van der Waals surface area contributed by atoms with Gasteiger partial charge >= 0.3 is 0 Å². The van der Waals surface area contributed by atoms with E-state index in [1.165, 1.54) is 6.07 Å². The molecule has 0 bridgehead atoms. The largest absolute Gasteiger partial charge is 0.320 e. The van der Waals surface area contributed by atoms with Crippen LogP contribution in [0.3, 0.4) is 0 Å². The molecule has 88 valence electrons. The molecule has 0 aliphatic rings.